The number of methoxy groups -OCH3 is 1. The van der Waals surface area contributed by atoms with Gasteiger partial charge < -0.3 is 14.7 Å². The molecule has 1 aromatic carbocycles. The van der Waals surface area contributed by atoms with Gasteiger partial charge in [-0.25, -0.2) is 4.68 Å². The highest BCUT2D eigenvalue weighted by atomic mass is 16.5. The molecule has 2 atom stereocenters. The van der Waals surface area contributed by atoms with Crippen molar-refractivity contribution in [2.45, 2.75) is 25.0 Å². The molecule has 1 saturated heterocycles. The third kappa shape index (κ3) is 3.43. The highest BCUT2D eigenvalue weighted by Gasteiger charge is 2.34. The van der Waals surface area contributed by atoms with Crippen molar-refractivity contribution in [3.05, 3.63) is 48.3 Å². The highest BCUT2D eigenvalue weighted by molar-refractivity contribution is 5.79. The van der Waals surface area contributed by atoms with Gasteiger partial charge in [-0.3, -0.25) is 4.79 Å². The SMILES string of the molecule is CO[C@H]1C[C@@H](CO)N(C(=O)Cc2ccc(-n3cccn3)cc2)C1. The van der Waals surface area contributed by atoms with Crippen LogP contribution in [0.5, 0.6) is 0 Å². The number of likely N-dealkylation sites (tertiary alicyclic amines) is 1. The molecule has 0 bridgehead atoms. The fraction of sp³-hybridized carbons (Fsp3) is 0.412. The lowest BCUT2D eigenvalue weighted by Crippen LogP contribution is -2.39. The van der Waals surface area contributed by atoms with E-state index in [4.69, 9.17) is 4.74 Å². The fourth-order valence-corrected chi connectivity index (χ4v) is 2.99. The molecule has 0 unspecified atom stereocenters. The zero-order valence-corrected chi connectivity index (χ0v) is 13.1. The van der Waals surface area contributed by atoms with Crippen molar-refractivity contribution >= 4 is 5.91 Å². The van der Waals surface area contributed by atoms with Gasteiger partial charge in [0.25, 0.3) is 0 Å². The molecule has 1 aromatic heterocycles. The number of aliphatic hydroxyl groups excluding tert-OH is 1. The van der Waals surface area contributed by atoms with Crippen LogP contribution in [-0.4, -0.2) is 58.1 Å². The summed E-state index contributed by atoms with van der Waals surface area (Å²) < 4.78 is 7.09. The molecule has 0 spiro atoms. The molecule has 1 aliphatic heterocycles. The molecule has 1 N–H and O–H groups in total. The maximum Gasteiger partial charge on any atom is 0.227 e. The largest absolute Gasteiger partial charge is 0.394 e. The predicted octanol–water partition coefficient (Wildman–Crippen LogP) is 1.02. The van der Waals surface area contributed by atoms with Crippen LogP contribution in [0.3, 0.4) is 0 Å². The number of rotatable bonds is 5. The Bertz CT molecular complexity index is 640. The maximum atomic E-state index is 12.5. The van der Waals surface area contributed by atoms with E-state index in [2.05, 4.69) is 5.10 Å². The topological polar surface area (TPSA) is 67.6 Å². The summed E-state index contributed by atoms with van der Waals surface area (Å²) in [6, 6.07) is 9.49. The number of nitrogens with zero attached hydrogens (tertiary/aromatic N) is 3. The second-order valence-corrected chi connectivity index (χ2v) is 5.77. The Morgan fingerprint density at radius 3 is 2.78 bits per heavy atom. The summed E-state index contributed by atoms with van der Waals surface area (Å²) in [5.74, 6) is 0.0236. The van der Waals surface area contributed by atoms with Gasteiger partial charge in [0.1, 0.15) is 0 Å². The van der Waals surface area contributed by atoms with Crippen molar-refractivity contribution in [2.75, 3.05) is 20.3 Å². The minimum atomic E-state index is -0.143. The molecular formula is C17H21N3O3. The zero-order valence-electron chi connectivity index (χ0n) is 13.1. The van der Waals surface area contributed by atoms with E-state index in [1.165, 1.54) is 0 Å². The molecule has 122 valence electrons. The fourth-order valence-electron chi connectivity index (χ4n) is 2.99. The molecule has 1 amide bonds. The molecular weight excluding hydrogens is 294 g/mol. The Balaban J connectivity index is 1.66. The van der Waals surface area contributed by atoms with Gasteiger partial charge in [-0.15, -0.1) is 0 Å². The third-order valence-electron chi connectivity index (χ3n) is 4.30. The monoisotopic (exact) mass is 315 g/mol. The lowest BCUT2D eigenvalue weighted by atomic mass is 10.1. The Morgan fingerprint density at radius 2 is 2.17 bits per heavy atom. The minimum Gasteiger partial charge on any atom is -0.394 e. The highest BCUT2D eigenvalue weighted by Crippen LogP contribution is 2.21. The quantitative estimate of drug-likeness (QED) is 0.894. The van der Waals surface area contributed by atoms with Crippen LogP contribution >= 0.6 is 0 Å². The van der Waals surface area contributed by atoms with E-state index in [0.29, 0.717) is 19.4 Å². The molecule has 6 nitrogen and oxygen atoms in total. The third-order valence-corrected chi connectivity index (χ3v) is 4.30. The van der Waals surface area contributed by atoms with Crippen molar-refractivity contribution in [1.29, 1.82) is 0 Å². The summed E-state index contributed by atoms with van der Waals surface area (Å²) in [5.41, 5.74) is 1.91. The van der Waals surface area contributed by atoms with Crippen molar-refractivity contribution in [3.63, 3.8) is 0 Å². The summed E-state index contributed by atoms with van der Waals surface area (Å²) in [4.78, 5) is 14.2. The van der Waals surface area contributed by atoms with Gasteiger partial charge in [0.2, 0.25) is 5.91 Å². The molecule has 2 aromatic rings. The Kier molecular flexibility index (Phi) is 4.73. The van der Waals surface area contributed by atoms with Gasteiger partial charge in [0.15, 0.2) is 0 Å². The molecule has 6 heteroatoms. The van der Waals surface area contributed by atoms with Crippen LogP contribution in [0, 0.1) is 0 Å². The standard InChI is InChI=1S/C17H21N3O3/c1-23-16-10-15(12-21)19(11-16)17(22)9-13-3-5-14(6-4-13)20-8-2-7-18-20/h2-8,15-16,21H,9-12H2,1H3/t15-,16-/m0/s1. The second kappa shape index (κ2) is 6.93. The van der Waals surface area contributed by atoms with Gasteiger partial charge in [0, 0.05) is 26.0 Å². The molecule has 2 heterocycles. The molecule has 0 saturated carbocycles. The number of carbonyl (C=O) groups is 1. The number of amides is 1. The molecule has 3 rings (SSSR count). The Morgan fingerprint density at radius 1 is 1.39 bits per heavy atom. The number of aromatic nitrogens is 2. The van der Waals surface area contributed by atoms with Crippen molar-refractivity contribution < 1.29 is 14.6 Å². The average Bonchev–Trinajstić information content (AvgIpc) is 3.25. The Hall–Kier alpha value is -2.18. The summed E-state index contributed by atoms with van der Waals surface area (Å²) >= 11 is 0. The van der Waals surface area contributed by atoms with Gasteiger partial charge in [-0.1, -0.05) is 12.1 Å². The smallest absolute Gasteiger partial charge is 0.227 e. The van der Waals surface area contributed by atoms with Crippen LogP contribution in [0.2, 0.25) is 0 Å². The normalized spacial score (nSPS) is 20.9. The number of hydrogen-bond acceptors (Lipinski definition) is 4. The summed E-state index contributed by atoms with van der Waals surface area (Å²) in [5, 5.41) is 13.6. The number of ether oxygens (including phenoxy) is 1. The predicted molar refractivity (Wildman–Crippen MR) is 85.3 cm³/mol. The van der Waals surface area contributed by atoms with Crippen molar-refractivity contribution in [2.24, 2.45) is 0 Å². The van der Waals surface area contributed by atoms with Crippen molar-refractivity contribution in [1.82, 2.24) is 14.7 Å². The lowest BCUT2D eigenvalue weighted by molar-refractivity contribution is -0.132. The van der Waals surface area contributed by atoms with E-state index in [0.717, 1.165) is 11.3 Å². The molecule has 1 aliphatic rings. The van der Waals surface area contributed by atoms with Crippen LogP contribution in [0.4, 0.5) is 0 Å². The van der Waals surface area contributed by atoms with E-state index in [1.807, 2.05) is 36.5 Å². The first-order chi connectivity index (χ1) is 11.2. The molecule has 23 heavy (non-hydrogen) atoms. The van der Waals surface area contributed by atoms with Gasteiger partial charge in [-0.2, -0.15) is 5.10 Å². The van der Waals surface area contributed by atoms with Crippen LogP contribution < -0.4 is 0 Å². The second-order valence-electron chi connectivity index (χ2n) is 5.77. The first kappa shape index (κ1) is 15.7. The Labute approximate surface area is 135 Å². The van der Waals surface area contributed by atoms with Crippen LogP contribution in [0.15, 0.2) is 42.7 Å². The van der Waals surface area contributed by atoms with E-state index in [-0.39, 0.29) is 24.7 Å². The molecule has 0 aliphatic carbocycles. The first-order valence-electron chi connectivity index (χ1n) is 7.73. The average molecular weight is 315 g/mol. The zero-order chi connectivity index (χ0) is 16.2. The minimum absolute atomic E-state index is 0.0123. The maximum absolute atomic E-state index is 12.5. The van der Waals surface area contributed by atoms with E-state index in [1.54, 1.807) is 22.9 Å². The summed E-state index contributed by atoms with van der Waals surface area (Å²) in [6.07, 6.45) is 4.63. The molecule has 0 radical (unpaired) electrons. The van der Waals surface area contributed by atoms with E-state index >= 15 is 0 Å². The van der Waals surface area contributed by atoms with Crippen LogP contribution in [0.1, 0.15) is 12.0 Å². The number of carbonyl (C=O) groups excluding carboxylic acids is 1. The summed E-state index contributed by atoms with van der Waals surface area (Å²) in [7, 11) is 1.64. The summed E-state index contributed by atoms with van der Waals surface area (Å²) in [6.45, 7) is 0.524. The van der Waals surface area contributed by atoms with Gasteiger partial charge in [-0.05, 0) is 30.2 Å². The molecule has 1 fully saturated rings. The lowest BCUT2D eigenvalue weighted by Gasteiger charge is -2.22. The number of benzene rings is 1. The van der Waals surface area contributed by atoms with Crippen LogP contribution in [-0.2, 0) is 16.0 Å². The van der Waals surface area contributed by atoms with E-state index in [9.17, 15) is 9.90 Å². The van der Waals surface area contributed by atoms with Crippen LogP contribution in [0.25, 0.3) is 5.69 Å². The van der Waals surface area contributed by atoms with Gasteiger partial charge >= 0.3 is 0 Å². The van der Waals surface area contributed by atoms with Gasteiger partial charge in [0.05, 0.1) is 30.9 Å². The number of hydrogen-bond donors (Lipinski definition) is 1. The number of aliphatic hydroxyl groups is 1. The van der Waals surface area contributed by atoms with Crippen molar-refractivity contribution in [3.8, 4) is 5.69 Å². The first-order valence-corrected chi connectivity index (χ1v) is 7.73. The van der Waals surface area contributed by atoms with E-state index < -0.39 is 0 Å².